The van der Waals surface area contributed by atoms with Crippen molar-refractivity contribution in [3.05, 3.63) is 35.4 Å². The fourth-order valence-corrected chi connectivity index (χ4v) is 4.06. The van der Waals surface area contributed by atoms with Gasteiger partial charge in [0.25, 0.3) is 5.91 Å². The van der Waals surface area contributed by atoms with E-state index in [1.54, 1.807) is 0 Å². The van der Waals surface area contributed by atoms with Crippen molar-refractivity contribution in [1.29, 1.82) is 0 Å². The van der Waals surface area contributed by atoms with Gasteiger partial charge in [-0.1, -0.05) is 32.0 Å². The quantitative estimate of drug-likeness (QED) is 0.845. The van der Waals surface area contributed by atoms with Crippen molar-refractivity contribution in [3.63, 3.8) is 0 Å². The van der Waals surface area contributed by atoms with Crippen LogP contribution in [0.5, 0.6) is 0 Å². The molecule has 26 heavy (non-hydrogen) atoms. The van der Waals surface area contributed by atoms with Gasteiger partial charge < -0.3 is 15.5 Å². The molecule has 3 unspecified atom stereocenters. The summed E-state index contributed by atoms with van der Waals surface area (Å²) < 4.78 is 0. The topological polar surface area (TPSA) is 61.4 Å². The Hall–Kier alpha value is -1.59. The Kier molecular flexibility index (Phi) is 7.07. The monoisotopic (exact) mass is 379 g/mol. The first kappa shape index (κ1) is 20.7. The number of carbonyl (C=O) groups is 2. The Balaban J connectivity index is 0.00000243. The van der Waals surface area contributed by atoms with Gasteiger partial charge in [0.1, 0.15) is 6.04 Å². The number of hydrogen-bond acceptors (Lipinski definition) is 3. The lowest BCUT2D eigenvalue weighted by molar-refractivity contribution is -0.137. The van der Waals surface area contributed by atoms with Gasteiger partial charge in [-0.15, -0.1) is 12.4 Å². The first-order chi connectivity index (χ1) is 12.0. The number of hydrogen-bond donors (Lipinski definition) is 2. The van der Waals surface area contributed by atoms with Crippen LogP contribution in [0.15, 0.2) is 24.3 Å². The summed E-state index contributed by atoms with van der Waals surface area (Å²) in [6.07, 6.45) is 3.13. The smallest absolute Gasteiger partial charge is 0.252 e. The van der Waals surface area contributed by atoms with E-state index in [1.807, 2.05) is 45.0 Å². The van der Waals surface area contributed by atoms with Gasteiger partial charge >= 0.3 is 0 Å². The van der Waals surface area contributed by atoms with Gasteiger partial charge in [0, 0.05) is 24.2 Å². The Morgan fingerprint density at radius 2 is 1.85 bits per heavy atom. The Bertz CT molecular complexity index is 636. The average molecular weight is 380 g/mol. The van der Waals surface area contributed by atoms with E-state index in [1.165, 1.54) is 0 Å². The molecule has 2 N–H and O–H groups in total. The molecule has 2 aliphatic rings. The number of halogens is 1. The highest BCUT2D eigenvalue weighted by molar-refractivity contribution is 5.98. The molecule has 5 nitrogen and oxygen atoms in total. The number of rotatable bonds is 4. The summed E-state index contributed by atoms with van der Waals surface area (Å²) in [6.45, 7) is 7.74. The molecule has 2 saturated heterocycles. The molecule has 3 atom stereocenters. The van der Waals surface area contributed by atoms with Crippen LogP contribution in [0.3, 0.4) is 0 Å². The van der Waals surface area contributed by atoms with Crippen molar-refractivity contribution in [3.8, 4) is 0 Å². The number of nitrogens with zero attached hydrogens (tertiary/aromatic N) is 1. The molecule has 0 aromatic heterocycles. The van der Waals surface area contributed by atoms with Gasteiger partial charge in [0.15, 0.2) is 0 Å². The number of fused-ring (bicyclic) bond motifs is 2. The number of benzene rings is 1. The van der Waals surface area contributed by atoms with E-state index < -0.39 is 6.04 Å². The minimum absolute atomic E-state index is 0. The molecular formula is C20H30ClN3O2. The van der Waals surface area contributed by atoms with Gasteiger partial charge in [-0.05, 0) is 50.3 Å². The highest BCUT2D eigenvalue weighted by Gasteiger charge is 2.41. The molecule has 0 spiro atoms. The summed E-state index contributed by atoms with van der Waals surface area (Å²) in [5.74, 6) is -0.0327. The van der Waals surface area contributed by atoms with Crippen LogP contribution in [-0.2, 0) is 4.79 Å². The average Bonchev–Trinajstić information content (AvgIpc) is 2.84. The van der Waals surface area contributed by atoms with Crippen molar-refractivity contribution >= 4 is 24.2 Å². The molecule has 1 aromatic rings. The van der Waals surface area contributed by atoms with Crippen molar-refractivity contribution < 1.29 is 9.59 Å². The molecule has 2 aliphatic heterocycles. The lowest BCUT2D eigenvalue weighted by Crippen LogP contribution is -2.55. The molecule has 6 heteroatoms. The van der Waals surface area contributed by atoms with Crippen LogP contribution < -0.4 is 10.6 Å². The number of carbonyl (C=O) groups excluding carboxylic acids is 2. The lowest BCUT2D eigenvalue weighted by atomic mass is 10.00. The Morgan fingerprint density at radius 1 is 1.15 bits per heavy atom. The molecule has 2 heterocycles. The largest absolute Gasteiger partial charge is 0.340 e. The van der Waals surface area contributed by atoms with Crippen LogP contribution >= 0.6 is 12.4 Å². The molecule has 3 rings (SSSR count). The fourth-order valence-electron chi connectivity index (χ4n) is 4.06. The molecule has 1 aromatic carbocycles. The minimum atomic E-state index is -0.478. The molecule has 2 amide bonds. The zero-order valence-electron chi connectivity index (χ0n) is 15.8. The van der Waals surface area contributed by atoms with Gasteiger partial charge in [0.05, 0.1) is 0 Å². The SMILES string of the molecule is Cc1ccccc1C(=O)NC(C(=O)N1C2CCNCC1CC2)C(C)C.Cl. The first-order valence-electron chi connectivity index (χ1n) is 9.38. The second-order valence-corrected chi connectivity index (χ2v) is 7.63. The third-order valence-electron chi connectivity index (χ3n) is 5.52. The number of amides is 2. The maximum absolute atomic E-state index is 13.3. The van der Waals surface area contributed by atoms with Gasteiger partial charge in [-0.3, -0.25) is 9.59 Å². The first-order valence-corrected chi connectivity index (χ1v) is 9.38. The molecular weight excluding hydrogens is 350 g/mol. The summed E-state index contributed by atoms with van der Waals surface area (Å²) in [5.41, 5.74) is 1.57. The third kappa shape index (κ3) is 4.21. The van der Waals surface area contributed by atoms with Gasteiger partial charge in [-0.2, -0.15) is 0 Å². The predicted molar refractivity (Wildman–Crippen MR) is 106 cm³/mol. The predicted octanol–water partition coefficient (Wildman–Crippen LogP) is 2.52. The normalized spacial score (nSPS) is 23.2. The second kappa shape index (κ2) is 8.87. The molecule has 0 radical (unpaired) electrons. The summed E-state index contributed by atoms with van der Waals surface area (Å²) >= 11 is 0. The van der Waals surface area contributed by atoms with Crippen molar-refractivity contribution in [2.24, 2.45) is 5.92 Å². The highest BCUT2D eigenvalue weighted by Crippen LogP contribution is 2.29. The summed E-state index contributed by atoms with van der Waals surface area (Å²) in [5, 5.41) is 6.43. The van der Waals surface area contributed by atoms with Gasteiger partial charge in [-0.25, -0.2) is 0 Å². The van der Waals surface area contributed by atoms with Crippen LogP contribution in [0.2, 0.25) is 0 Å². The Labute approximate surface area is 162 Å². The van der Waals surface area contributed by atoms with Crippen LogP contribution in [0.4, 0.5) is 0 Å². The van der Waals surface area contributed by atoms with E-state index >= 15 is 0 Å². The molecule has 2 bridgehead atoms. The van der Waals surface area contributed by atoms with E-state index in [0.717, 1.165) is 37.9 Å². The number of aryl methyl sites for hydroxylation is 1. The van der Waals surface area contributed by atoms with Crippen molar-refractivity contribution in [1.82, 2.24) is 15.5 Å². The standard InChI is InChI=1S/C20H29N3O2.ClH/c1-13(2)18(22-19(24)17-7-5-4-6-14(17)3)20(25)23-15-8-9-16(23)12-21-11-10-15;/h4-7,13,15-16,18,21H,8-12H2,1-3H3,(H,22,24);1H. The zero-order chi connectivity index (χ0) is 18.0. The molecule has 0 saturated carbocycles. The van der Waals surface area contributed by atoms with Crippen LogP contribution in [0.25, 0.3) is 0 Å². The summed E-state index contributed by atoms with van der Waals surface area (Å²) in [6, 6.07) is 7.59. The summed E-state index contributed by atoms with van der Waals surface area (Å²) in [7, 11) is 0. The summed E-state index contributed by atoms with van der Waals surface area (Å²) in [4.78, 5) is 28.1. The van der Waals surface area contributed by atoms with Crippen molar-refractivity contribution in [2.75, 3.05) is 13.1 Å². The third-order valence-corrected chi connectivity index (χ3v) is 5.52. The van der Waals surface area contributed by atoms with E-state index in [2.05, 4.69) is 15.5 Å². The van der Waals surface area contributed by atoms with Crippen LogP contribution in [-0.4, -0.2) is 47.9 Å². The number of nitrogens with one attached hydrogen (secondary N) is 2. The highest BCUT2D eigenvalue weighted by atomic mass is 35.5. The maximum atomic E-state index is 13.3. The van der Waals surface area contributed by atoms with E-state index in [-0.39, 0.29) is 36.2 Å². The van der Waals surface area contributed by atoms with Gasteiger partial charge in [0.2, 0.25) is 5.91 Å². The van der Waals surface area contributed by atoms with E-state index in [9.17, 15) is 9.59 Å². The van der Waals surface area contributed by atoms with Crippen molar-refractivity contribution in [2.45, 2.75) is 58.2 Å². The van der Waals surface area contributed by atoms with Crippen LogP contribution in [0, 0.1) is 12.8 Å². The van der Waals surface area contributed by atoms with Crippen LogP contribution in [0.1, 0.15) is 49.0 Å². The second-order valence-electron chi connectivity index (χ2n) is 7.63. The lowest BCUT2D eigenvalue weighted by Gasteiger charge is -2.33. The van der Waals surface area contributed by atoms with E-state index in [0.29, 0.717) is 11.6 Å². The molecule has 0 aliphatic carbocycles. The maximum Gasteiger partial charge on any atom is 0.252 e. The molecule has 2 fully saturated rings. The minimum Gasteiger partial charge on any atom is -0.340 e. The van der Waals surface area contributed by atoms with E-state index in [4.69, 9.17) is 0 Å². The Morgan fingerprint density at radius 3 is 2.54 bits per heavy atom. The fraction of sp³-hybridized carbons (Fsp3) is 0.600. The molecule has 144 valence electrons. The zero-order valence-corrected chi connectivity index (χ0v) is 16.6.